The SMILES string of the molecule is CCC(C)NC(=O)CCNc1cc(=O)[nH]c(C(C)C)n1. The summed E-state index contributed by atoms with van der Waals surface area (Å²) in [5.41, 5.74) is -0.185. The molecule has 0 aliphatic heterocycles. The molecule has 0 aromatic carbocycles. The van der Waals surface area contributed by atoms with Gasteiger partial charge >= 0.3 is 0 Å². The Balaban J connectivity index is 2.50. The van der Waals surface area contributed by atoms with Crippen LogP contribution in [-0.2, 0) is 4.79 Å². The maximum Gasteiger partial charge on any atom is 0.252 e. The molecule has 1 atom stereocenters. The first-order valence-electron chi connectivity index (χ1n) is 7.06. The predicted octanol–water partition coefficient (Wildman–Crippen LogP) is 1.61. The Labute approximate surface area is 119 Å². The van der Waals surface area contributed by atoms with Crippen LogP contribution in [0.5, 0.6) is 0 Å². The number of aromatic amines is 1. The van der Waals surface area contributed by atoms with E-state index in [2.05, 4.69) is 20.6 Å². The molecule has 0 bridgehead atoms. The van der Waals surface area contributed by atoms with E-state index in [9.17, 15) is 9.59 Å². The summed E-state index contributed by atoms with van der Waals surface area (Å²) in [4.78, 5) is 30.1. The van der Waals surface area contributed by atoms with Gasteiger partial charge in [-0.25, -0.2) is 4.98 Å². The maximum absolute atomic E-state index is 11.6. The van der Waals surface area contributed by atoms with Gasteiger partial charge in [0.25, 0.3) is 5.56 Å². The van der Waals surface area contributed by atoms with Crippen molar-refractivity contribution >= 4 is 11.7 Å². The van der Waals surface area contributed by atoms with Gasteiger partial charge in [0.15, 0.2) is 0 Å². The molecule has 112 valence electrons. The average Bonchev–Trinajstić information content (AvgIpc) is 2.37. The number of anilines is 1. The van der Waals surface area contributed by atoms with Gasteiger partial charge in [-0.1, -0.05) is 20.8 Å². The van der Waals surface area contributed by atoms with Crippen LogP contribution in [0.25, 0.3) is 0 Å². The molecule has 6 heteroatoms. The van der Waals surface area contributed by atoms with E-state index in [1.54, 1.807) is 0 Å². The van der Waals surface area contributed by atoms with E-state index in [1.807, 2.05) is 27.7 Å². The van der Waals surface area contributed by atoms with E-state index >= 15 is 0 Å². The quantitative estimate of drug-likeness (QED) is 0.708. The zero-order valence-electron chi connectivity index (χ0n) is 12.6. The minimum Gasteiger partial charge on any atom is -0.369 e. The van der Waals surface area contributed by atoms with Crippen LogP contribution >= 0.6 is 0 Å². The normalized spacial score (nSPS) is 12.2. The first kappa shape index (κ1) is 16.2. The third-order valence-corrected chi connectivity index (χ3v) is 2.98. The highest BCUT2D eigenvalue weighted by molar-refractivity contribution is 5.76. The van der Waals surface area contributed by atoms with Crippen LogP contribution in [0.1, 0.15) is 52.3 Å². The van der Waals surface area contributed by atoms with Crippen LogP contribution in [0.4, 0.5) is 5.82 Å². The van der Waals surface area contributed by atoms with Gasteiger partial charge in [0.2, 0.25) is 5.91 Å². The van der Waals surface area contributed by atoms with E-state index in [-0.39, 0.29) is 23.4 Å². The summed E-state index contributed by atoms with van der Waals surface area (Å²) < 4.78 is 0. The molecule has 20 heavy (non-hydrogen) atoms. The number of nitrogens with zero attached hydrogens (tertiary/aromatic N) is 1. The summed E-state index contributed by atoms with van der Waals surface area (Å²) in [7, 11) is 0. The van der Waals surface area contributed by atoms with E-state index in [4.69, 9.17) is 0 Å². The van der Waals surface area contributed by atoms with Crippen molar-refractivity contribution in [1.82, 2.24) is 15.3 Å². The van der Waals surface area contributed by atoms with Crippen LogP contribution in [0.15, 0.2) is 10.9 Å². The molecule has 0 aliphatic carbocycles. The second kappa shape index (κ2) is 7.67. The highest BCUT2D eigenvalue weighted by Crippen LogP contribution is 2.08. The number of nitrogens with one attached hydrogen (secondary N) is 3. The first-order chi connectivity index (χ1) is 9.42. The predicted molar refractivity (Wildman–Crippen MR) is 79.9 cm³/mol. The third-order valence-electron chi connectivity index (χ3n) is 2.98. The Morgan fingerprint density at radius 2 is 2.10 bits per heavy atom. The lowest BCUT2D eigenvalue weighted by molar-refractivity contribution is -0.121. The van der Waals surface area contributed by atoms with Crippen LogP contribution in [0.2, 0.25) is 0 Å². The van der Waals surface area contributed by atoms with Crippen molar-refractivity contribution in [2.75, 3.05) is 11.9 Å². The highest BCUT2D eigenvalue weighted by atomic mass is 16.1. The molecule has 0 spiro atoms. The van der Waals surface area contributed by atoms with Crippen molar-refractivity contribution in [3.8, 4) is 0 Å². The Kier molecular flexibility index (Phi) is 6.21. The summed E-state index contributed by atoms with van der Waals surface area (Å²) in [6.07, 6.45) is 1.27. The molecule has 1 aromatic heterocycles. The monoisotopic (exact) mass is 280 g/mol. The number of hydrogen-bond acceptors (Lipinski definition) is 4. The number of carbonyl (C=O) groups is 1. The van der Waals surface area contributed by atoms with E-state index in [1.165, 1.54) is 6.07 Å². The molecule has 1 aromatic rings. The Morgan fingerprint density at radius 3 is 2.70 bits per heavy atom. The van der Waals surface area contributed by atoms with Gasteiger partial charge in [-0.15, -0.1) is 0 Å². The fourth-order valence-electron chi connectivity index (χ4n) is 1.59. The van der Waals surface area contributed by atoms with Crippen molar-refractivity contribution < 1.29 is 4.79 Å². The van der Waals surface area contributed by atoms with Crippen LogP contribution in [0.3, 0.4) is 0 Å². The Morgan fingerprint density at radius 1 is 1.40 bits per heavy atom. The minimum atomic E-state index is -0.185. The molecule has 1 amide bonds. The smallest absolute Gasteiger partial charge is 0.252 e. The summed E-state index contributed by atoms with van der Waals surface area (Å²) >= 11 is 0. The lowest BCUT2D eigenvalue weighted by Crippen LogP contribution is -2.33. The molecule has 1 unspecified atom stereocenters. The Bertz CT molecular complexity index is 496. The molecule has 1 heterocycles. The molecule has 0 aliphatic rings. The first-order valence-corrected chi connectivity index (χ1v) is 7.06. The van der Waals surface area contributed by atoms with E-state index in [0.29, 0.717) is 24.6 Å². The molecular weight excluding hydrogens is 256 g/mol. The lowest BCUT2D eigenvalue weighted by Gasteiger charge is -2.12. The van der Waals surface area contributed by atoms with Gasteiger partial charge in [-0.2, -0.15) is 0 Å². The van der Waals surface area contributed by atoms with E-state index in [0.717, 1.165) is 6.42 Å². The molecular formula is C14H24N4O2. The largest absolute Gasteiger partial charge is 0.369 e. The number of amides is 1. The minimum absolute atomic E-state index is 0.000716. The van der Waals surface area contributed by atoms with Crippen molar-refractivity contribution in [3.05, 3.63) is 22.2 Å². The van der Waals surface area contributed by atoms with Gasteiger partial charge in [-0.05, 0) is 13.3 Å². The molecule has 6 nitrogen and oxygen atoms in total. The van der Waals surface area contributed by atoms with E-state index < -0.39 is 0 Å². The fourth-order valence-corrected chi connectivity index (χ4v) is 1.59. The number of aromatic nitrogens is 2. The topological polar surface area (TPSA) is 86.9 Å². The van der Waals surface area contributed by atoms with Gasteiger partial charge in [-0.3, -0.25) is 9.59 Å². The van der Waals surface area contributed by atoms with Crippen molar-refractivity contribution in [1.29, 1.82) is 0 Å². The zero-order chi connectivity index (χ0) is 15.1. The summed E-state index contributed by atoms with van der Waals surface area (Å²) in [5, 5.41) is 5.90. The average molecular weight is 280 g/mol. The van der Waals surface area contributed by atoms with Crippen molar-refractivity contribution in [2.45, 2.75) is 52.5 Å². The number of hydrogen-bond donors (Lipinski definition) is 3. The molecule has 0 radical (unpaired) electrons. The number of rotatable bonds is 7. The molecule has 0 saturated carbocycles. The second-order valence-corrected chi connectivity index (χ2v) is 5.22. The van der Waals surface area contributed by atoms with Gasteiger partial charge < -0.3 is 15.6 Å². The molecule has 1 rings (SSSR count). The lowest BCUT2D eigenvalue weighted by atomic mass is 10.2. The Hall–Kier alpha value is -1.85. The second-order valence-electron chi connectivity index (χ2n) is 5.22. The number of carbonyl (C=O) groups excluding carboxylic acids is 1. The molecule has 3 N–H and O–H groups in total. The summed E-state index contributed by atoms with van der Waals surface area (Å²) in [6.45, 7) is 8.37. The fraction of sp³-hybridized carbons (Fsp3) is 0.643. The zero-order valence-corrected chi connectivity index (χ0v) is 12.6. The summed E-state index contributed by atoms with van der Waals surface area (Å²) in [6, 6.07) is 1.59. The molecule has 0 saturated heterocycles. The standard InChI is InChI=1S/C14H24N4O2/c1-5-10(4)16-12(19)6-7-15-11-8-13(20)18-14(17-11)9(2)3/h8-10H,5-7H2,1-4H3,(H,16,19)(H2,15,17,18,20). The highest BCUT2D eigenvalue weighted by Gasteiger charge is 2.07. The van der Waals surface area contributed by atoms with Crippen molar-refractivity contribution in [3.63, 3.8) is 0 Å². The van der Waals surface area contributed by atoms with Gasteiger partial charge in [0, 0.05) is 31.0 Å². The molecule has 0 fully saturated rings. The number of H-pyrrole nitrogens is 1. The van der Waals surface area contributed by atoms with Gasteiger partial charge in [0.05, 0.1) is 0 Å². The van der Waals surface area contributed by atoms with Crippen LogP contribution in [-0.4, -0.2) is 28.5 Å². The third kappa shape index (κ3) is 5.42. The van der Waals surface area contributed by atoms with Crippen molar-refractivity contribution in [2.24, 2.45) is 0 Å². The summed E-state index contributed by atoms with van der Waals surface area (Å²) in [5.74, 6) is 1.30. The van der Waals surface area contributed by atoms with Crippen LogP contribution < -0.4 is 16.2 Å². The van der Waals surface area contributed by atoms with Crippen LogP contribution in [0, 0.1) is 0 Å². The van der Waals surface area contributed by atoms with Gasteiger partial charge in [0.1, 0.15) is 11.6 Å². The maximum atomic E-state index is 11.6.